The Labute approximate surface area is 621 Å². The average Bonchev–Trinajstić information content (AvgIpc) is 1.69. The molecule has 3 amide bonds. The molecular weight excluding hydrogens is 1540 g/mol. The summed E-state index contributed by atoms with van der Waals surface area (Å²) in [5.41, 5.74) is 8.03. The van der Waals surface area contributed by atoms with Crippen LogP contribution >= 0.6 is 85.0 Å². The number of methoxy groups -OCH3 is 4. The lowest BCUT2D eigenvalue weighted by Crippen LogP contribution is -2.49. The smallest absolute Gasteiger partial charge is 0.488 e. The fraction of sp³-hybridized carbons (Fsp3) is 0.231. The third-order valence-electron chi connectivity index (χ3n) is 13.1. The van der Waals surface area contributed by atoms with Gasteiger partial charge in [-0.05, 0) is 54.7 Å². The Bertz CT molecular complexity index is 4420. The topological polar surface area (TPSA) is 350 Å². The first-order chi connectivity index (χ1) is 48.8. The Balaban J connectivity index is 0.000000226. The minimum atomic E-state index is -1.34. The fourth-order valence-electron chi connectivity index (χ4n) is 8.03. The summed E-state index contributed by atoms with van der Waals surface area (Å²) in [6.45, 7) is 3.59. The van der Waals surface area contributed by atoms with Crippen LogP contribution in [-0.2, 0) is 46.7 Å². The van der Waals surface area contributed by atoms with Crippen molar-refractivity contribution in [1.29, 1.82) is 0 Å². The first kappa shape index (κ1) is 84.1. The van der Waals surface area contributed by atoms with Gasteiger partial charge in [-0.15, -0.1) is 69.1 Å². The van der Waals surface area contributed by atoms with Crippen LogP contribution < -0.4 is 35.8 Å². The number of rotatable bonds is 12. The van der Waals surface area contributed by atoms with Gasteiger partial charge in [0.05, 0.1) is 47.9 Å². The lowest BCUT2D eigenvalue weighted by Gasteiger charge is -2.19. The van der Waals surface area contributed by atoms with E-state index in [0.29, 0.717) is 71.3 Å². The molecule has 0 aliphatic carbocycles. The average molecular weight is 1600 g/mol. The maximum absolute atomic E-state index is 14.2. The van der Waals surface area contributed by atoms with Crippen LogP contribution in [0.5, 0.6) is 11.5 Å². The molecule has 3 aromatic carbocycles. The predicted molar refractivity (Wildman–Crippen MR) is 385 cm³/mol. The number of carbonyl (C=O) groups is 7. The molecule has 2 aliphatic heterocycles. The maximum atomic E-state index is 14.2. The third kappa shape index (κ3) is 25.1. The second-order valence-electron chi connectivity index (χ2n) is 20.2. The number of hydrogen-bond acceptors (Lipinski definition) is 28. The largest absolute Gasteiger partial charge is 0.488 e. The number of nitrogens with one attached hydrogen (secondary N) is 1. The van der Waals surface area contributed by atoms with Gasteiger partial charge in [-0.2, -0.15) is 17.6 Å². The van der Waals surface area contributed by atoms with E-state index in [0.717, 1.165) is 61.4 Å². The van der Waals surface area contributed by atoms with E-state index in [1.807, 2.05) is 73.7 Å². The molecule has 9 heterocycles. The van der Waals surface area contributed by atoms with Gasteiger partial charge in [-0.1, -0.05) is 107 Å². The van der Waals surface area contributed by atoms with Gasteiger partial charge in [0.2, 0.25) is 49.7 Å². The summed E-state index contributed by atoms with van der Waals surface area (Å²) in [6, 6.07) is 32.8. The number of esters is 4. The van der Waals surface area contributed by atoms with Gasteiger partial charge in [-0.25, -0.2) is 54.1 Å². The highest BCUT2D eigenvalue weighted by molar-refractivity contribution is 9.08. The second-order valence-corrected chi connectivity index (χ2v) is 26.5. The van der Waals surface area contributed by atoms with E-state index >= 15 is 0 Å². The molecule has 2 aliphatic rings. The summed E-state index contributed by atoms with van der Waals surface area (Å²) in [6.07, 6.45) is 5.59. The Morgan fingerprint density at radius 3 is 1.39 bits per heavy atom. The number of ether oxygens (including phenoxy) is 6. The number of carbonyl (C=O) groups excluding carboxylic acids is 7. The van der Waals surface area contributed by atoms with Crippen LogP contribution in [0.25, 0.3) is 0 Å². The molecule has 544 valence electrons. The van der Waals surface area contributed by atoms with Crippen molar-refractivity contribution in [2.75, 3.05) is 65.5 Å². The number of thiazole rings is 5. The zero-order valence-corrected chi connectivity index (χ0v) is 62.1. The molecule has 0 unspecified atom stereocenters. The highest BCUT2D eigenvalue weighted by Gasteiger charge is 2.33. The molecule has 2 atom stereocenters. The minimum absolute atomic E-state index is 0. The normalized spacial score (nSPS) is 13.0. The number of halogens is 6. The second kappa shape index (κ2) is 42.1. The van der Waals surface area contributed by atoms with Crippen LogP contribution in [0.1, 0.15) is 84.5 Å². The molecular formula is C65H64BBrClF4N11O15S5. The third-order valence-corrected chi connectivity index (χ3v) is 18.9. The van der Waals surface area contributed by atoms with Gasteiger partial charge < -0.3 is 49.5 Å². The van der Waals surface area contributed by atoms with E-state index in [9.17, 15) is 51.1 Å². The Morgan fingerprint density at radius 2 is 0.971 bits per heavy atom. The van der Waals surface area contributed by atoms with Crippen molar-refractivity contribution in [3.8, 4) is 11.5 Å². The molecule has 7 aromatic heterocycles. The number of nitrogens with zero attached hydrogens (tertiary/aromatic N) is 9. The zero-order chi connectivity index (χ0) is 74.6. The van der Waals surface area contributed by atoms with Gasteiger partial charge in [0.25, 0.3) is 11.8 Å². The summed E-state index contributed by atoms with van der Waals surface area (Å²) >= 11 is 8.37. The van der Waals surface area contributed by atoms with Gasteiger partial charge in [0.1, 0.15) is 25.3 Å². The number of likely N-dealkylation sites (N-methyl/N-ethyl adjacent to an activating group) is 2. The van der Waals surface area contributed by atoms with Gasteiger partial charge in [0.15, 0.2) is 28.1 Å². The number of pyridine rings is 2. The maximum Gasteiger partial charge on any atom is 0.488 e. The van der Waals surface area contributed by atoms with Crippen molar-refractivity contribution >= 4 is 151 Å². The highest BCUT2D eigenvalue weighted by atomic mass is 79.9. The number of hydrogen-bond donors (Lipinski definition) is 4. The van der Waals surface area contributed by atoms with Gasteiger partial charge in [0, 0.05) is 55.7 Å². The quantitative estimate of drug-likeness (QED) is 0.0291. The molecule has 0 radical (unpaired) electrons. The lowest BCUT2D eigenvalue weighted by atomic mass is 9.81. The number of benzene rings is 3. The number of anilines is 2. The summed E-state index contributed by atoms with van der Waals surface area (Å²) < 4.78 is 81.7. The first-order valence-corrected chi connectivity index (χ1v) is 34.7. The standard InChI is InChI=1S/C20H17FN4O3S.C12H10FNO2S.C9H11N3O2.C6H7BO2.C6H5BrFNO2S.C6H6FNO2S.C6H7NO2S.ClH/c1-25-17-14(8-5-9-22-17)28-11-13(20(25)27)23-18(26)19-24-16(21)15(29-19)10-12-6-3-2-4-7-12;1-16-12(15)11-14-10(13)9(17-11)7-8-5-3-2-4-6-8;1-12-8-7(3-2-4-11-8)14-5-6(10)9(12)13;8-7(9)6-4-2-1-3-5-6;1-11-6(10)5-9-4(8)3(2-7)12-5;1-3-4(7)8-5(11-3)6(9)10-2;1-4-3-7-5(10-4)6(8)9-2;/h2-9,13H,10-11H2,1H3,(H,23,26);2-6H,7H2,1H3;2-4,6H,5,10H2,1H3;1-5,8-9H;2H2,1H3;1-2H3;3H,1-2H3;1H/t13-;;6-;;;;;/m0.0...../s1. The molecule has 103 heavy (non-hydrogen) atoms. The van der Waals surface area contributed by atoms with Crippen LogP contribution in [0, 0.1) is 37.6 Å². The monoisotopic (exact) mass is 1600 g/mol. The number of nitrogens with two attached hydrogens (primary N) is 1. The molecule has 26 nitrogen and oxygen atoms in total. The molecule has 5 N–H and O–H groups in total. The predicted octanol–water partition coefficient (Wildman–Crippen LogP) is 9.21. The number of alkyl halides is 1. The van der Waals surface area contributed by atoms with E-state index in [4.69, 9.17) is 25.3 Å². The van der Waals surface area contributed by atoms with Crippen LogP contribution in [0.2, 0.25) is 0 Å². The van der Waals surface area contributed by atoms with Gasteiger partial charge >= 0.3 is 31.0 Å². The van der Waals surface area contributed by atoms with Crippen molar-refractivity contribution in [2.45, 2.75) is 44.1 Å². The molecule has 0 saturated carbocycles. The van der Waals surface area contributed by atoms with E-state index < -0.39 is 66.8 Å². The SMILES string of the molecule is CN1C(=O)[C@@H](N)COc2cccnc21.CN1C(=O)[C@@H](NC(=O)c2nc(F)c(Cc3ccccc3)s2)COc2cccnc21.COC(=O)c1nc(F)c(C)s1.COC(=O)c1nc(F)c(CBr)s1.COC(=O)c1nc(F)c(Cc2ccccc2)s1.COC(=O)c1ncc(C)s1.Cl.OB(O)c1ccccc1. The Kier molecular flexibility index (Phi) is 34.4. The van der Waals surface area contributed by atoms with Gasteiger partial charge in [-0.3, -0.25) is 24.2 Å². The van der Waals surface area contributed by atoms with Crippen LogP contribution in [0.15, 0.2) is 134 Å². The van der Waals surface area contributed by atoms with Crippen molar-refractivity contribution in [1.82, 2.24) is 40.2 Å². The highest BCUT2D eigenvalue weighted by Crippen LogP contribution is 2.30. The molecule has 12 rings (SSSR count). The summed E-state index contributed by atoms with van der Waals surface area (Å²) in [7, 11) is 6.92. The van der Waals surface area contributed by atoms with E-state index in [-0.39, 0.29) is 63.4 Å². The number of amides is 3. The molecule has 10 aromatic rings. The van der Waals surface area contributed by atoms with E-state index in [2.05, 4.69) is 75.1 Å². The molecule has 0 spiro atoms. The summed E-state index contributed by atoms with van der Waals surface area (Å²) in [5, 5.41) is 20.6. The van der Waals surface area contributed by atoms with E-state index in [1.165, 1.54) is 49.6 Å². The molecule has 38 heteroatoms. The molecule has 0 saturated heterocycles. The van der Waals surface area contributed by atoms with E-state index in [1.54, 1.807) is 88.1 Å². The van der Waals surface area contributed by atoms with Crippen molar-refractivity contribution in [2.24, 2.45) is 5.73 Å². The van der Waals surface area contributed by atoms with Crippen LogP contribution in [-0.4, -0.2) is 161 Å². The van der Waals surface area contributed by atoms with Crippen molar-refractivity contribution in [3.05, 3.63) is 218 Å². The van der Waals surface area contributed by atoms with Crippen molar-refractivity contribution in [3.63, 3.8) is 0 Å². The minimum Gasteiger partial charge on any atom is -0.488 e. The first-order valence-electron chi connectivity index (χ1n) is 29.5. The zero-order valence-electron chi connectivity index (χ0n) is 55.6. The number of aromatic nitrogens is 7. The molecule has 0 fully saturated rings. The number of fused-ring (bicyclic) bond motifs is 2. The fourth-order valence-corrected chi connectivity index (χ4v) is 12.5. The summed E-state index contributed by atoms with van der Waals surface area (Å²) in [4.78, 5) is 112. The Hall–Kier alpha value is -9.57. The molecule has 0 bridgehead atoms. The summed E-state index contributed by atoms with van der Waals surface area (Å²) in [5.74, 6) is -3.90. The van der Waals surface area contributed by atoms with Crippen molar-refractivity contribution < 1.29 is 89.6 Å². The van der Waals surface area contributed by atoms with Crippen LogP contribution in [0.3, 0.4) is 0 Å². The number of aryl methyl sites for hydroxylation is 2. The van der Waals surface area contributed by atoms with Crippen LogP contribution in [0.4, 0.5) is 29.2 Å². The Morgan fingerprint density at radius 1 is 0.563 bits per heavy atom. The lowest BCUT2D eigenvalue weighted by molar-refractivity contribution is -0.121.